The second kappa shape index (κ2) is 6.99. The van der Waals surface area contributed by atoms with E-state index in [1.165, 1.54) is 6.42 Å². The zero-order chi connectivity index (χ0) is 15.5. The topological polar surface area (TPSA) is 66.8 Å². The lowest BCUT2D eigenvalue weighted by atomic mass is 9.84. The summed E-state index contributed by atoms with van der Waals surface area (Å²) in [6.07, 6.45) is 8.46. The van der Waals surface area contributed by atoms with Crippen molar-refractivity contribution in [3.8, 4) is 0 Å². The van der Waals surface area contributed by atoms with Gasteiger partial charge in [-0.05, 0) is 50.4 Å². The van der Waals surface area contributed by atoms with Gasteiger partial charge in [-0.1, -0.05) is 12.8 Å². The highest BCUT2D eigenvalue weighted by atomic mass is 16.5. The molecule has 5 heteroatoms. The summed E-state index contributed by atoms with van der Waals surface area (Å²) in [5.74, 6) is 0.203. The maximum atomic E-state index is 12.7. The third-order valence-corrected chi connectivity index (χ3v) is 5.77. The largest absolute Gasteiger partial charge is 0.480 e. The highest BCUT2D eigenvalue weighted by Crippen LogP contribution is 2.40. The second-order valence-corrected chi connectivity index (χ2v) is 7.10. The van der Waals surface area contributed by atoms with E-state index in [4.69, 9.17) is 4.74 Å². The molecule has 3 fully saturated rings. The first-order valence-electron chi connectivity index (χ1n) is 8.78. The number of hydrogen-bond donors (Lipinski definition) is 1. The maximum Gasteiger partial charge on any atom is 0.326 e. The first-order chi connectivity index (χ1) is 10.7. The van der Waals surface area contributed by atoms with Crippen molar-refractivity contribution in [2.45, 2.75) is 69.9 Å². The Morgan fingerprint density at radius 3 is 2.55 bits per heavy atom. The third-order valence-electron chi connectivity index (χ3n) is 5.77. The number of likely N-dealkylation sites (tertiary alicyclic amines) is 1. The van der Waals surface area contributed by atoms with E-state index < -0.39 is 12.0 Å². The molecule has 1 N–H and O–H groups in total. The first-order valence-corrected chi connectivity index (χ1v) is 8.78. The fourth-order valence-corrected chi connectivity index (χ4v) is 4.53. The molecule has 22 heavy (non-hydrogen) atoms. The van der Waals surface area contributed by atoms with Crippen LogP contribution in [0.25, 0.3) is 0 Å². The van der Waals surface area contributed by atoms with Crippen molar-refractivity contribution in [1.82, 2.24) is 4.90 Å². The summed E-state index contributed by atoms with van der Waals surface area (Å²) in [5.41, 5.74) is 0. The number of rotatable bonds is 4. The summed E-state index contributed by atoms with van der Waals surface area (Å²) in [7, 11) is 0. The molecule has 0 spiro atoms. The molecule has 3 aliphatic rings. The minimum atomic E-state index is -0.825. The number of carboxylic acid groups (broad SMARTS) is 1. The van der Waals surface area contributed by atoms with Crippen LogP contribution in [0.3, 0.4) is 0 Å². The number of ether oxygens (including phenoxy) is 1. The van der Waals surface area contributed by atoms with Crippen molar-refractivity contribution in [3.63, 3.8) is 0 Å². The van der Waals surface area contributed by atoms with E-state index >= 15 is 0 Å². The maximum absolute atomic E-state index is 12.7. The Morgan fingerprint density at radius 1 is 1.09 bits per heavy atom. The number of amides is 1. The van der Waals surface area contributed by atoms with E-state index in [0.717, 1.165) is 51.7 Å². The lowest BCUT2D eigenvalue weighted by Gasteiger charge is -2.33. The van der Waals surface area contributed by atoms with Gasteiger partial charge in [-0.25, -0.2) is 4.79 Å². The van der Waals surface area contributed by atoms with Gasteiger partial charge in [0.2, 0.25) is 5.91 Å². The zero-order valence-electron chi connectivity index (χ0n) is 13.2. The van der Waals surface area contributed by atoms with E-state index in [-0.39, 0.29) is 11.9 Å². The van der Waals surface area contributed by atoms with E-state index in [0.29, 0.717) is 24.7 Å². The average molecular weight is 309 g/mol. The lowest BCUT2D eigenvalue weighted by Crippen LogP contribution is -2.46. The molecule has 0 bridgehead atoms. The van der Waals surface area contributed by atoms with Crippen LogP contribution in [0.15, 0.2) is 0 Å². The molecule has 0 aromatic heterocycles. The van der Waals surface area contributed by atoms with Crippen LogP contribution in [-0.2, 0) is 14.3 Å². The van der Waals surface area contributed by atoms with Crippen LogP contribution in [-0.4, -0.2) is 47.2 Å². The molecule has 0 aromatic carbocycles. The van der Waals surface area contributed by atoms with Crippen LogP contribution in [0.1, 0.15) is 57.8 Å². The number of carbonyl (C=O) groups is 2. The van der Waals surface area contributed by atoms with Gasteiger partial charge >= 0.3 is 5.97 Å². The van der Waals surface area contributed by atoms with Crippen LogP contribution in [0.5, 0.6) is 0 Å². The molecule has 0 aromatic rings. The Kier molecular flexibility index (Phi) is 5.01. The Bertz CT molecular complexity index is 419. The molecule has 1 saturated carbocycles. The molecule has 3 atom stereocenters. The van der Waals surface area contributed by atoms with Gasteiger partial charge in [0, 0.05) is 25.7 Å². The minimum absolute atomic E-state index is 0.0632. The van der Waals surface area contributed by atoms with Crippen molar-refractivity contribution >= 4 is 11.9 Å². The average Bonchev–Trinajstić information content (AvgIpc) is 2.93. The van der Waals surface area contributed by atoms with Crippen LogP contribution in [0, 0.1) is 11.8 Å². The molecule has 5 nitrogen and oxygen atoms in total. The van der Waals surface area contributed by atoms with Gasteiger partial charge in [-0.3, -0.25) is 4.79 Å². The monoisotopic (exact) mass is 309 g/mol. The molecule has 3 rings (SSSR count). The molecular weight excluding hydrogens is 282 g/mol. The first kappa shape index (κ1) is 15.8. The van der Waals surface area contributed by atoms with Crippen molar-refractivity contribution < 1.29 is 19.4 Å². The Morgan fingerprint density at radius 2 is 1.82 bits per heavy atom. The summed E-state index contributed by atoms with van der Waals surface area (Å²) >= 11 is 0. The molecule has 0 unspecified atom stereocenters. The fourth-order valence-electron chi connectivity index (χ4n) is 4.53. The third kappa shape index (κ3) is 3.29. The minimum Gasteiger partial charge on any atom is -0.480 e. The molecule has 2 aliphatic heterocycles. The van der Waals surface area contributed by atoms with Gasteiger partial charge in [0.25, 0.3) is 0 Å². The standard InChI is InChI=1S/C17H27NO4/c19-16(6-5-12-7-9-22-10-8-12)18-14-4-2-1-3-13(14)11-15(18)17(20)21/h12-15H,1-11H2,(H,20,21)/t13-,14-,15+/m1/s1. The lowest BCUT2D eigenvalue weighted by molar-refractivity contribution is -0.150. The van der Waals surface area contributed by atoms with Gasteiger partial charge in [0.05, 0.1) is 0 Å². The van der Waals surface area contributed by atoms with E-state index in [1.54, 1.807) is 4.90 Å². The SMILES string of the molecule is O=C(O)[C@@H]1C[C@H]2CCCC[C@H]2N1C(=O)CCC1CCOCC1. The van der Waals surface area contributed by atoms with Crippen molar-refractivity contribution in [1.29, 1.82) is 0 Å². The molecular formula is C17H27NO4. The predicted molar refractivity (Wildman–Crippen MR) is 81.4 cm³/mol. The Hall–Kier alpha value is -1.10. The van der Waals surface area contributed by atoms with E-state index in [2.05, 4.69) is 0 Å². The summed E-state index contributed by atoms with van der Waals surface area (Å²) in [5, 5.41) is 9.49. The van der Waals surface area contributed by atoms with E-state index in [9.17, 15) is 14.7 Å². The summed E-state index contributed by atoms with van der Waals surface area (Å²) < 4.78 is 5.35. The molecule has 124 valence electrons. The highest BCUT2D eigenvalue weighted by Gasteiger charge is 2.47. The normalized spacial score (nSPS) is 32.7. The molecule has 1 amide bonds. The van der Waals surface area contributed by atoms with Gasteiger partial charge in [-0.15, -0.1) is 0 Å². The zero-order valence-corrected chi connectivity index (χ0v) is 13.2. The number of aliphatic carboxylic acids is 1. The highest BCUT2D eigenvalue weighted by molar-refractivity contribution is 5.84. The number of fused-ring (bicyclic) bond motifs is 1. The summed E-state index contributed by atoms with van der Waals surface area (Å²) in [6.45, 7) is 1.59. The van der Waals surface area contributed by atoms with Crippen LogP contribution >= 0.6 is 0 Å². The smallest absolute Gasteiger partial charge is 0.326 e. The molecule has 2 saturated heterocycles. The molecule has 1 aliphatic carbocycles. The summed E-state index contributed by atoms with van der Waals surface area (Å²) in [4.78, 5) is 26.0. The fraction of sp³-hybridized carbons (Fsp3) is 0.882. The number of nitrogens with zero attached hydrogens (tertiary/aromatic N) is 1. The Balaban J connectivity index is 1.61. The predicted octanol–water partition coefficient (Wildman–Crippen LogP) is 2.44. The van der Waals surface area contributed by atoms with Crippen molar-refractivity contribution in [2.75, 3.05) is 13.2 Å². The summed E-state index contributed by atoms with van der Waals surface area (Å²) in [6, 6.07) is -0.410. The second-order valence-electron chi connectivity index (χ2n) is 7.10. The van der Waals surface area contributed by atoms with Crippen molar-refractivity contribution in [3.05, 3.63) is 0 Å². The number of hydrogen-bond acceptors (Lipinski definition) is 3. The Labute approximate surface area is 132 Å². The van der Waals surface area contributed by atoms with E-state index in [1.807, 2.05) is 0 Å². The number of carboxylic acids is 1. The van der Waals surface area contributed by atoms with Gasteiger partial charge < -0.3 is 14.7 Å². The molecule has 2 heterocycles. The number of carbonyl (C=O) groups excluding carboxylic acids is 1. The van der Waals surface area contributed by atoms with Gasteiger partial charge in [0.1, 0.15) is 6.04 Å². The quantitative estimate of drug-likeness (QED) is 0.866. The van der Waals surface area contributed by atoms with Gasteiger partial charge in [0.15, 0.2) is 0 Å². The van der Waals surface area contributed by atoms with Crippen molar-refractivity contribution in [2.24, 2.45) is 11.8 Å². The van der Waals surface area contributed by atoms with Crippen LogP contribution in [0.2, 0.25) is 0 Å². The molecule has 0 radical (unpaired) electrons. The van der Waals surface area contributed by atoms with Crippen LogP contribution < -0.4 is 0 Å². The van der Waals surface area contributed by atoms with Gasteiger partial charge in [-0.2, -0.15) is 0 Å². The van der Waals surface area contributed by atoms with Crippen LogP contribution in [0.4, 0.5) is 0 Å².